The zero-order chi connectivity index (χ0) is 12.7. The summed E-state index contributed by atoms with van der Waals surface area (Å²) in [6.45, 7) is 0.0683. The van der Waals surface area contributed by atoms with Gasteiger partial charge in [0.15, 0.2) is 0 Å². The molecule has 17 heavy (non-hydrogen) atoms. The van der Waals surface area contributed by atoms with E-state index in [-0.39, 0.29) is 18.3 Å². The predicted molar refractivity (Wildman–Crippen MR) is 70.6 cm³/mol. The van der Waals surface area contributed by atoms with Gasteiger partial charge in [0.2, 0.25) is 0 Å². The second-order valence-corrected chi connectivity index (χ2v) is 4.49. The summed E-state index contributed by atoms with van der Waals surface area (Å²) >= 11 is 1.64. The highest BCUT2D eigenvalue weighted by atomic mass is 32.2. The Labute approximate surface area is 104 Å². The molecular weight excluding hydrogens is 240 g/mol. The highest BCUT2D eigenvalue weighted by molar-refractivity contribution is 7.98. The van der Waals surface area contributed by atoms with Crippen molar-refractivity contribution in [3.63, 3.8) is 0 Å². The summed E-state index contributed by atoms with van der Waals surface area (Å²) in [5, 5.41) is 22.9. The minimum absolute atomic E-state index is 0.0381. The SMILES string of the molecule is CSC[C@H](CCO)Nc1ccccc1[N+](=O)[O-]. The summed E-state index contributed by atoms with van der Waals surface area (Å²) in [4.78, 5) is 10.4. The van der Waals surface area contributed by atoms with Gasteiger partial charge in [0, 0.05) is 24.5 Å². The van der Waals surface area contributed by atoms with Gasteiger partial charge in [0.25, 0.3) is 5.69 Å². The molecule has 0 spiro atoms. The van der Waals surface area contributed by atoms with Gasteiger partial charge in [0.05, 0.1) is 4.92 Å². The van der Waals surface area contributed by atoms with E-state index in [4.69, 9.17) is 5.11 Å². The number of aliphatic hydroxyl groups is 1. The number of para-hydroxylation sites is 2. The van der Waals surface area contributed by atoms with Gasteiger partial charge >= 0.3 is 0 Å². The van der Waals surface area contributed by atoms with Crippen LogP contribution in [-0.4, -0.2) is 34.7 Å². The third-order valence-corrected chi connectivity index (χ3v) is 3.04. The molecule has 1 aromatic carbocycles. The van der Waals surface area contributed by atoms with Crippen LogP contribution in [0.3, 0.4) is 0 Å². The van der Waals surface area contributed by atoms with Crippen LogP contribution in [0.1, 0.15) is 6.42 Å². The van der Waals surface area contributed by atoms with Gasteiger partial charge in [-0.05, 0) is 18.7 Å². The van der Waals surface area contributed by atoms with Crippen LogP contribution in [-0.2, 0) is 0 Å². The van der Waals surface area contributed by atoms with Crippen LogP contribution in [0.2, 0.25) is 0 Å². The number of nitro groups is 1. The number of hydrogen-bond acceptors (Lipinski definition) is 5. The summed E-state index contributed by atoms with van der Waals surface area (Å²) in [6, 6.07) is 6.58. The maximum atomic E-state index is 10.8. The van der Waals surface area contributed by atoms with E-state index in [1.807, 2.05) is 6.26 Å². The number of nitrogens with one attached hydrogen (secondary N) is 1. The molecule has 0 fully saturated rings. The fraction of sp³-hybridized carbons (Fsp3) is 0.455. The van der Waals surface area contributed by atoms with Gasteiger partial charge in [0.1, 0.15) is 5.69 Å². The average Bonchev–Trinajstić information content (AvgIpc) is 2.30. The molecule has 1 aromatic rings. The Bertz CT molecular complexity index is 367. The molecule has 0 bridgehead atoms. The van der Waals surface area contributed by atoms with E-state index >= 15 is 0 Å². The van der Waals surface area contributed by atoms with Crippen LogP contribution in [0.4, 0.5) is 11.4 Å². The second-order valence-electron chi connectivity index (χ2n) is 3.58. The smallest absolute Gasteiger partial charge is 0.292 e. The number of nitrogens with zero attached hydrogens (tertiary/aromatic N) is 1. The van der Waals surface area contributed by atoms with Crippen molar-refractivity contribution < 1.29 is 10.0 Å². The maximum Gasteiger partial charge on any atom is 0.292 e. The number of anilines is 1. The first-order valence-electron chi connectivity index (χ1n) is 5.28. The molecule has 6 heteroatoms. The Morgan fingerprint density at radius 3 is 2.82 bits per heavy atom. The summed E-state index contributed by atoms with van der Waals surface area (Å²) < 4.78 is 0. The Kier molecular flexibility index (Phi) is 5.79. The summed E-state index contributed by atoms with van der Waals surface area (Å²) in [7, 11) is 0. The minimum atomic E-state index is -0.405. The standard InChI is InChI=1S/C11H16N2O3S/c1-17-8-9(6-7-14)12-10-4-2-3-5-11(10)13(15)16/h2-5,9,12,14H,6-8H2,1H3/t9-/m0/s1. The fourth-order valence-corrected chi connectivity index (χ4v) is 2.18. The molecule has 0 aliphatic heterocycles. The van der Waals surface area contributed by atoms with E-state index in [1.54, 1.807) is 30.0 Å². The number of rotatable bonds is 7. The summed E-state index contributed by atoms with van der Waals surface area (Å²) in [5.74, 6) is 0.798. The number of hydrogen-bond donors (Lipinski definition) is 2. The Morgan fingerprint density at radius 2 is 2.24 bits per heavy atom. The van der Waals surface area contributed by atoms with E-state index in [9.17, 15) is 10.1 Å². The largest absolute Gasteiger partial charge is 0.396 e. The van der Waals surface area contributed by atoms with Crippen molar-refractivity contribution >= 4 is 23.1 Å². The van der Waals surface area contributed by atoms with E-state index < -0.39 is 4.92 Å². The zero-order valence-electron chi connectivity index (χ0n) is 9.63. The molecule has 94 valence electrons. The van der Waals surface area contributed by atoms with Crippen molar-refractivity contribution in [3.05, 3.63) is 34.4 Å². The lowest BCUT2D eigenvalue weighted by atomic mass is 10.2. The average molecular weight is 256 g/mol. The minimum Gasteiger partial charge on any atom is -0.396 e. The van der Waals surface area contributed by atoms with E-state index in [1.165, 1.54) is 6.07 Å². The summed E-state index contributed by atoms with van der Waals surface area (Å²) in [5.41, 5.74) is 0.571. The molecule has 0 aliphatic rings. The number of thioether (sulfide) groups is 1. The molecule has 0 aromatic heterocycles. The van der Waals surface area contributed by atoms with Crippen molar-refractivity contribution in [2.24, 2.45) is 0 Å². The lowest BCUT2D eigenvalue weighted by molar-refractivity contribution is -0.384. The van der Waals surface area contributed by atoms with Gasteiger partial charge < -0.3 is 10.4 Å². The molecule has 0 saturated carbocycles. The number of benzene rings is 1. The highest BCUT2D eigenvalue weighted by Crippen LogP contribution is 2.24. The maximum absolute atomic E-state index is 10.8. The second kappa shape index (κ2) is 7.13. The van der Waals surface area contributed by atoms with Gasteiger partial charge in [-0.25, -0.2) is 0 Å². The zero-order valence-corrected chi connectivity index (χ0v) is 10.4. The molecule has 0 saturated heterocycles. The van der Waals surface area contributed by atoms with E-state index in [0.717, 1.165) is 5.75 Å². The summed E-state index contributed by atoms with van der Waals surface area (Å²) in [6.07, 6.45) is 2.54. The Morgan fingerprint density at radius 1 is 1.53 bits per heavy atom. The lowest BCUT2D eigenvalue weighted by Crippen LogP contribution is -2.24. The Hall–Kier alpha value is -1.27. The van der Waals surface area contributed by atoms with Crippen LogP contribution in [0.15, 0.2) is 24.3 Å². The third kappa shape index (κ3) is 4.24. The van der Waals surface area contributed by atoms with Crippen LogP contribution in [0.5, 0.6) is 0 Å². The molecule has 0 amide bonds. The van der Waals surface area contributed by atoms with Crippen LogP contribution in [0, 0.1) is 10.1 Å². The first kappa shape index (κ1) is 13.8. The van der Waals surface area contributed by atoms with Crippen molar-refractivity contribution in [1.82, 2.24) is 0 Å². The molecule has 0 heterocycles. The predicted octanol–water partition coefficient (Wildman–Crippen LogP) is 2.12. The molecular formula is C11H16N2O3S. The van der Waals surface area contributed by atoms with Gasteiger partial charge in [-0.2, -0.15) is 11.8 Å². The first-order valence-corrected chi connectivity index (χ1v) is 6.68. The Balaban J connectivity index is 2.80. The highest BCUT2D eigenvalue weighted by Gasteiger charge is 2.15. The molecule has 0 aliphatic carbocycles. The molecule has 2 N–H and O–H groups in total. The van der Waals surface area contributed by atoms with Crippen molar-refractivity contribution in [3.8, 4) is 0 Å². The van der Waals surface area contributed by atoms with Crippen molar-refractivity contribution in [2.45, 2.75) is 12.5 Å². The lowest BCUT2D eigenvalue weighted by Gasteiger charge is -2.17. The molecule has 1 rings (SSSR count). The van der Waals surface area contributed by atoms with Gasteiger partial charge in [-0.15, -0.1) is 0 Å². The topological polar surface area (TPSA) is 75.4 Å². The molecule has 0 radical (unpaired) electrons. The van der Waals surface area contributed by atoms with Crippen LogP contribution < -0.4 is 5.32 Å². The number of nitro benzene ring substituents is 1. The molecule has 0 unspecified atom stereocenters. The van der Waals surface area contributed by atoms with Gasteiger partial charge in [-0.1, -0.05) is 12.1 Å². The first-order chi connectivity index (χ1) is 8.19. The fourth-order valence-electron chi connectivity index (χ4n) is 1.53. The molecule has 1 atom stereocenters. The van der Waals surface area contributed by atoms with Crippen molar-refractivity contribution in [1.29, 1.82) is 0 Å². The normalized spacial score (nSPS) is 12.1. The van der Waals surface area contributed by atoms with Gasteiger partial charge in [-0.3, -0.25) is 10.1 Å². The van der Waals surface area contributed by atoms with Crippen molar-refractivity contribution in [2.75, 3.05) is 23.9 Å². The quantitative estimate of drug-likeness (QED) is 0.577. The molecule has 5 nitrogen and oxygen atoms in total. The third-order valence-electron chi connectivity index (χ3n) is 2.31. The van der Waals surface area contributed by atoms with Crippen LogP contribution in [0.25, 0.3) is 0 Å². The van der Waals surface area contributed by atoms with E-state index in [0.29, 0.717) is 12.1 Å². The monoisotopic (exact) mass is 256 g/mol. The van der Waals surface area contributed by atoms with Crippen LogP contribution >= 0.6 is 11.8 Å². The van der Waals surface area contributed by atoms with E-state index in [2.05, 4.69) is 5.32 Å². The number of aliphatic hydroxyl groups excluding tert-OH is 1.